The summed E-state index contributed by atoms with van der Waals surface area (Å²) >= 11 is 1.34. The highest BCUT2D eigenvalue weighted by Crippen LogP contribution is 2.29. The van der Waals surface area contributed by atoms with Crippen LogP contribution in [0.5, 0.6) is 0 Å². The van der Waals surface area contributed by atoms with Crippen molar-refractivity contribution in [3.05, 3.63) is 48.0 Å². The van der Waals surface area contributed by atoms with Crippen LogP contribution in [0.4, 0.5) is 5.69 Å². The molecule has 0 aliphatic heterocycles. The SMILES string of the molecule is CCCn1c(SC(C)C(=O)Nc2cccc(C)c2)nc2cc(S(N)(=O)=O)ccc21. The second-order valence-corrected chi connectivity index (χ2v) is 9.73. The molecule has 29 heavy (non-hydrogen) atoms. The minimum absolute atomic E-state index is 0.0212. The van der Waals surface area contributed by atoms with Gasteiger partial charge in [0.05, 0.1) is 21.2 Å². The van der Waals surface area contributed by atoms with Gasteiger partial charge in [-0.05, 0) is 56.2 Å². The fourth-order valence-electron chi connectivity index (χ4n) is 2.97. The summed E-state index contributed by atoms with van der Waals surface area (Å²) in [4.78, 5) is 17.2. The average Bonchev–Trinajstić information content (AvgIpc) is 2.98. The minimum atomic E-state index is -3.80. The van der Waals surface area contributed by atoms with Gasteiger partial charge in [0, 0.05) is 12.2 Å². The molecular weight excluding hydrogens is 408 g/mol. The molecule has 9 heteroatoms. The molecule has 0 bridgehead atoms. The number of nitrogens with one attached hydrogen (secondary N) is 1. The smallest absolute Gasteiger partial charge is 0.238 e. The first-order chi connectivity index (χ1) is 13.7. The molecule has 0 aliphatic carbocycles. The van der Waals surface area contributed by atoms with E-state index in [1.165, 1.54) is 23.9 Å². The van der Waals surface area contributed by atoms with E-state index in [4.69, 9.17) is 5.14 Å². The van der Waals surface area contributed by atoms with E-state index in [1.54, 1.807) is 6.07 Å². The van der Waals surface area contributed by atoms with Gasteiger partial charge in [0.25, 0.3) is 0 Å². The number of carbonyl (C=O) groups is 1. The molecule has 7 nitrogen and oxygen atoms in total. The Bertz CT molecular complexity index is 1160. The zero-order chi connectivity index (χ0) is 21.2. The van der Waals surface area contributed by atoms with E-state index >= 15 is 0 Å². The maximum atomic E-state index is 12.6. The molecular formula is C20H24N4O3S2. The summed E-state index contributed by atoms with van der Waals surface area (Å²) in [5.41, 5.74) is 3.17. The number of rotatable bonds is 7. The molecule has 1 heterocycles. The third-order valence-electron chi connectivity index (χ3n) is 4.40. The third kappa shape index (κ3) is 4.98. The Morgan fingerprint density at radius 2 is 2.03 bits per heavy atom. The lowest BCUT2D eigenvalue weighted by Gasteiger charge is -2.13. The van der Waals surface area contributed by atoms with Crippen LogP contribution in [0.15, 0.2) is 52.5 Å². The molecule has 2 aromatic carbocycles. The number of sulfonamides is 1. The largest absolute Gasteiger partial charge is 0.325 e. The van der Waals surface area contributed by atoms with Crippen molar-refractivity contribution in [3.63, 3.8) is 0 Å². The van der Waals surface area contributed by atoms with Crippen molar-refractivity contribution in [2.45, 2.75) is 49.0 Å². The monoisotopic (exact) mass is 432 g/mol. The Kier molecular flexibility index (Phi) is 6.30. The van der Waals surface area contributed by atoms with E-state index in [9.17, 15) is 13.2 Å². The summed E-state index contributed by atoms with van der Waals surface area (Å²) in [5, 5.41) is 8.44. The zero-order valence-corrected chi connectivity index (χ0v) is 18.2. The molecule has 0 spiro atoms. The molecule has 0 radical (unpaired) electrons. The molecule has 1 atom stereocenters. The van der Waals surface area contributed by atoms with Gasteiger partial charge < -0.3 is 9.88 Å². The highest BCUT2D eigenvalue weighted by atomic mass is 32.2. The number of fused-ring (bicyclic) bond motifs is 1. The third-order valence-corrected chi connectivity index (χ3v) is 6.40. The standard InChI is InChI=1S/C20H24N4O3S2/c1-4-10-24-18-9-8-16(29(21,26)27)12-17(18)23-20(24)28-14(3)19(25)22-15-7-5-6-13(2)11-15/h5-9,11-12,14H,4,10H2,1-3H3,(H,22,25)(H2,21,26,27). The number of aromatic nitrogens is 2. The molecule has 1 unspecified atom stereocenters. The number of aryl methyl sites for hydroxylation is 2. The van der Waals surface area contributed by atoms with Crippen molar-refractivity contribution in [3.8, 4) is 0 Å². The molecule has 3 rings (SSSR count). The maximum Gasteiger partial charge on any atom is 0.238 e. The van der Waals surface area contributed by atoms with Crippen LogP contribution in [-0.2, 0) is 21.4 Å². The van der Waals surface area contributed by atoms with Crippen LogP contribution < -0.4 is 10.5 Å². The predicted octanol–water partition coefficient (Wildman–Crippen LogP) is 3.52. The number of thioether (sulfide) groups is 1. The van der Waals surface area contributed by atoms with Gasteiger partial charge in [-0.15, -0.1) is 0 Å². The molecule has 154 valence electrons. The van der Waals surface area contributed by atoms with Crippen LogP contribution >= 0.6 is 11.8 Å². The molecule has 0 aliphatic rings. The van der Waals surface area contributed by atoms with Crippen molar-refractivity contribution >= 4 is 44.4 Å². The Morgan fingerprint density at radius 1 is 1.28 bits per heavy atom. The highest BCUT2D eigenvalue weighted by Gasteiger charge is 2.20. The Balaban J connectivity index is 1.87. The molecule has 0 saturated heterocycles. The normalized spacial score (nSPS) is 12.8. The van der Waals surface area contributed by atoms with Crippen molar-refractivity contribution in [1.29, 1.82) is 0 Å². The number of amides is 1. The van der Waals surface area contributed by atoms with Crippen LogP contribution in [0.3, 0.4) is 0 Å². The number of primary sulfonamides is 1. The molecule has 0 fully saturated rings. The Morgan fingerprint density at radius 3 is 2.69 bits per heavy atom. The summed E-state index contributed by atoms with van der Waals surface area (Å²) < 4.78 is 25.3. The fraction of sp³-hybridized carbons (Fsp3) is 0.300. The topological polar surface area (TPSA) is 107 Å². The summed E-state index contributed by atoms with van der Waals surface area (Å²) in [6.07, 6.45) is 0.875. The van der Waals surface area contributed by atoms with E-state index in [1.807, 2.05) is 49.6 Å². The van der Waals surface area contributed by atoms with Crippen LogP contribution in [0.2, 0.25) is 0 Å². The van der Waals surface area contributed by atoms with Crippen molar-refractivity contribution < 1.29 is 13.2 Å². The Labute approximate surface area is 174 Å². The molecule has 3 N–H and O–H groups in total. The molecule has 1 aromatic heterocycles. The van der Waals surface area contributed by atoms with Crippen LogP contribution in [-0.4, -0.2) is 29.1 Å². The first-order valence-corrected chi connectivity index (χ1v) is 11.7. The van der Waals surface area contributed by atoms with Crippen molar-refractivity contribution in [2.75, 3.05) is 5.32 Å². The lowest BCUT2D eigenvalue weighted by atomic mass is 10.2. The number of anilines is 1. The van der Waals surface area contributed by atoms with E-state index in [2.05, 4.69) is 10.3 Å². The number of benzene rings is 2. The van der Waals surface area contributed by atoms with Gasteiger partial charge in [0.2, 0.25) is 15.9 Å². The Hall–Kier alpha value is -2.36. The van der Waals surface area contributed by atoms with E-state index in [0.29, 0.717) is 17.2 Å². The lowest BCUT2D eigenvalue weighted by molar-refractivity contribution is -0.115. The zero-order valence-electron chi connectivity index (χ0n) is 16.5. The fourth-order valence-corrected chi connectivity index (χ4v) is 4.46. The second-order valence-electron chi connectivity index (χ2n) is 6.86. The minimum Gasteiger partial charge on any atom is -0.325 e. The highest BCUT2D eigenvalue weighted by molar-refractivity contribution is 8.00. The van der Waals surface area contributed by atoms with Gasteiger partial charge in [-0.1, -0.05) is 30.8 Å². The molecule has 3 aromatic rings. The summed E-state index contributed by atoms with van der Waals surface area (Å²) in [7, 11) is -3.80. The first kappa shape index (κ1) is 21.4. The van der Waals surface area contributed by atoms with Crippen LogP contribution in [0.25, 0.3) is 11.0 Å². The van der Waals surface area contributed by atoms with Crippen molar-refractivity contribution in [1.82, 2.24) is 9.55 Å². The van der Waals surface area contributed by atoms with Crippen LogP contribution in [0.1, 0.15) is 25.8 Å². The number of hydrogen-bond donors (Lipinski definition) is 2. The number of nitrogens with zero attached hydrogens (tertiary/aromatic N) is 2. The predicted molar refractivity (Wildman–Crippen MR) is 117 cm³/mol. The van der Waals surface area contributed by atoms with Gasteiger partial charge in [0.15, 0.2) is 5.16 Å². The number of hydrogen-bond acceptors (Lipinski definition) is 5. The van der Waals surface area contributed by atoms with Crippen molar-refractivity contribution in [2.24, 2.45) is 5.14 Å². The lowest BCUT2D eigenvalue weighted by Crippen LogP contribution is -2.23. The number of imidazole rings is 1. The molecule has 1 amide bonds. The first-order valence-electron chi connectivity index (χ1n) is 9.26. The summed E-state index contributed by atoms with van der Waals surface area (Å²) in [6.45, 7) is 6.55. The maximum absolute atomic E-state index is 12.6. The average molecular weight is 433 g/mol. The number of carbonyl (C=O) groups excluding carboxylic acids is 1. The van der Waals surface area contributed by atoms with Gasteiger partial charge in [0.1, 0.15) is 0 Å². The van der Waals surface area contributed by atoms with Gasteiger partial charge in [-0.3, -0.25) is 4.79 Å². The summed E-state index contributed by atoms with van der Waals surface area (Å²) in [5.74, 6) is -0.124. The number of nitrogens with two attached hydrogens (primary N) is 1. The van der Waals surface area contributed by atoms with Crippen LogP contribution in [0, 0.1) is 6.92 Å². The van der Waals surface area contributed by atoms with E-state index in [-0.39, 0.29) is 16.1 Å². The van der Waals surface area contributed by atoms with Gasteiger partial charge >= 0.3 is 0 Å². The second kappa shape index (κ2) is 8.56. The quantitative estimate of drug-likeness (QED) is 0.556. The summed E-state index contributed by atoms with van der Waals surface area (Å²) in [6, 6.07) is 12.3. The molecule has 0 saturated carbocycles. The van der Waals surface area contributed by atoms with Gasteiger partial charge in [-0.25, -0.2) is 18.5 Å². The van der Waals surface area contributed by atoms with E-state index < -0.39 is 10.0 Å². The van der Waals surface area contributed by atoms with E-state index in [0.717, 1.165) is 23.2 Å². The van der Waals surface area contributed by atoms with Gasteiger partial charge in [-0.2, -0.15) is 0 Å².